The number of hydrogen-bond acceptors (Lipinski definition) is 5. The van der Waals surface area contributed by atoms with E-state index in [1.165, 1.54) is 0 Å². The van der Waals surface area contributed by atoms with Crippen LogP contribution in [0.5, 0.6) is 0 Å². The fraction of sp³-hybridized carbons (Fsp3) is 0.667. The number of carboxylic acid groups (broad SMARTS) is 1. The second-order valence-corrected chi connectivity index (χ2v) is 9.48. The Balaban J connectivity index is 1.46. The fourth-order valence-corrected chi connectivity index (χ4v) is 5.16. The van der Waals surface area contributed by atoms with Crippen LogP contribution in [-0.2, 0) is 11.3 Å². The van der Waals surface area contributed by atoms with Crippen molar-refractivity contribution in [3.05, 3.63) is 22.5 Å². The number of hydrogen-bond donors (Lipinski definition) is 2. The van der Waals surface area contributed by atoms with Gasteiger partial charge in [-0.05, 0) is 46.1 Å². The van der Waals surface area contributed by atoms with Crippen LogP contribution >= 0.6 is 0 Å². The lowest BCUT2D eigenvalue weighted by molar-refractivity contribution is -0.118. The summed E-state index contributed by atoms with van der Waals surface area (Å²) < 4.78 is 1.69. The van der Waals surface area contributed by atoms with E-state index in [0.29, 0.717) is 12.4 Å². The largest absolute Gasteiger partial charge is 0.465 e. The van der Waals surface area contributed by atoms with E-state index in [1.54, 1.807) is 21.6 Å². The maximum atomic E-state index is 12.7. The van der Waals surface area contributed by atoms with Crippen molar-refractivity contribution in [3.8, 4) is 0 Å². The summed E-state index contributed by atoms with van der Waals surface area (Å²) in [5, 5.41) is 12.8. The number of carbonyl (C=O) groups is 2. The Bertz CT molecular complexity index is 898. The molecule has 3 aliphatic rings. The topological polar surface area (TPSA) is 98.1 Å². The standard InChI is InChI=1S/C21H31N5O4/c1-21(2,3)26(20(29)30)14-6-9-23(10-7-14)13-15-8-11-24-17(27)5-4-16-19(24)25(15)18(28)12-22-16/h4-5,14-15,22H,6-13H2,1-3H3,(H,29,30)/t15-/m0/s1. The van der Waals surface area contributed by atoms with Gasteiger partial charge in [0.25, 0.3) is 5.56 Å². The van der Waals surface area contributed by atoms with E-state index in [-0.39, 0.29) is 30.1 Å². The SMILES string of the molecule is CC(C)(C)N(C(=O)O)C1CCN(C[C@@H]2CCn3c4c(ccc3=O)NCC(=O)N42)CC1. The fourth-order valence-electron chi connectivity index (χ4n) is 5.16. The van der Waals surface area contributed by atoms with Crippen molar-refractivity contribution in [2.75, 3.05) is 36.4 Å². The summed E-state index contributed by atoms with van der Waals surface area (Å²) in [5.74, 6) is 0.681. The van der Waals surface area contributed by atoms with Crippen molar-refractivity contribution >= 4 is 23.5 Å². The molecule has 30 heavy (non-hydrogen) atoms. The van der Waals surface area contributed by atoms with Gasteiger partial charge in [0.2, 0.25) is 5.91 Å². The number of aromatic nitrogens is 1. The molecule has 0 unspecified atom stereocenters. The molecule has 9 heteroatoms. The Morgan fingerprint density at radius 1 is 1.17 bits per heavy atom. The number of amides is 2. The molecule has 0 bridgehead atoms. The number of piperidine rings is 1. The third-order valence-corrected chi connectivity index (χ3v) is 6.45. The molecule has 1 fully saturated rings. The average molecular weight is 418 g/mol. The normalized spacial score (nSPS) is 22.4. The van der Waals surface area contributed by atoms with Crippen molar-refractivity contribution < 1.29 is 14.7 Å². The molecule has 3 aliphatic heterocycles. The summed E-state index contributed by atoms with van der Waals surface area (Å²) in [7, 11) is 0. The van der Waals surface area contributed by atoms with E-state index < -0.39 is 11.6 Å². The molecule has 0 aliphatic carbocycles. The summed E-state index contributed by atoms with van der Waals surface area (Å²) in [6.45, 7) is 8.98. The number of anilines is 2. The van der Waals surface area contributed by atoms with Gasteiger partial charge in [0.1, 0.15) is 5.82 Å². The summed E-state index contributed by atoms with van der Waals surface area (Å²) in [6, 6.07) is 3.34. The minimum Gasteiger partial charge on any atom is -0.465 e. The number of pyridine rings is 1. The quantitative estimate of drug-likeness (QED) is 0.776. The first-order valence-corrected chi connectivity index (χ1v) is 10.7. The molecule has 2 N–H and O–H groups in total. The van der Waals surface area contributed by atoms with E-state index >= 15 is 0 Å². The van der Waals surface area contributed by atoms with Gasteiger partial charge in [0.15, 0.2) is 0 Å². The third kappa shape index (κ3) is 3.66. The van der Waals surface area contributed by atoms with Crippen molar-refractivity contribution in [2.45, 2.75) is 64.2 Å². The number of nitrogens with one attached hydrogen (secondary N) is 1. The first-order valence-electron chi connectivity index (χ1n) is 10.7. The molecule has 1 aromatic heterocycles. The Hall–Kier alpha value is -2.55. The maximum Gasteiger partial charge on any atom is 0.407 e. The summed E-state index contributed by atoms with van der Waals surface area (Å²) in [6.07, 6.45) is 1.44. The van der Waals surface area contributed by atoms with Gasteiger partial charge in [0, 0.05) is 43.8 Å². The van der Waals surface area contributed by atoms with E-state index in [2.05, 4.69) is 10.2 Å². The lowest BCUT2D eigenvalue weighted by atomic mass is 9.96. The second kappa shape index (κ2) is 7.61. The van der Waals surface area contributed by atoms with Crippen LogP contribution in [0.25, 0.3) is 0 Å². The first-order chi connectivity index (χ1) is 14.2. The van der Waals surface area contributed by atoms with Crippen molar-refractivity contribution in [2.24, 2.45) is 0 Å². The van der Waals surface area contributed by atoms with Crippen LogP contribution in [0.15, 0.2) is 16.9 Å². The maximum absolute atomic E-state index is 12.7. The highest BCUT2D eigenvalue weighted by Crippen LogP contribution is 2.34. The highest BCUT2D eigenvalue weighted by atomic mass is 16.4. The molecule has 4 heterocycles. The van der Waals surface area contributed by atoms with Crippen molar-refractivity contribution in [1.82, 2.24) is 14.4 Å². The first kappa shape index (κ1) is 20.7. The van der Waals surface area contributed by atoms with E-state index in [0.717, 1.165) is 44.6 Å². The molecule has 9 nitrogen and oxygen atoms in total. The van der Waals surface area contributed by atoms with Gasteiger partial charge in [-0.2, -0.15) is 0 Å². The predicted molar refractivity (Wildman–Crippen MR) is 114 cm³/mol. The second-order valence-electron chi connectivity index (χ2n) is 9.48. The molecule has 0 saturated carbocycles. The van der Waals surface area contributed by atoms with Crippen LogP contribution in [0.3, 0.4) is 0 Å². The van der Waals surface area contributed by atoms with Crippen LogP contribution in [0, 0.1) is 0 Å². The van der Waals surface area contributed by atoms with Gasteiger partial charge in [0.05, 0.1) is 18.3 Å². The van der Waals surface area contributed by atoms with Crippen LogP contribution in [-0.4, -0.2) is 75.3 Å². The monoisotopic (exact) mass is 417 g/mol. The molecule has 0 spiro atoms. The number of nitrogens with zero attached hydrogens (tertiary/aromatic N) is 4. The van der Waals surface area contributed by atoms with E-state index in [9.17, 15) is 19.5 Å². The molecule has 0 aromatic carbocycles. The van der Waals surface area contributed by atoms with Crippen LogP contribution < -0.4 is 15.8 Å². The molecule has 164 valence electrons. The molecule has 2 amide bonds. The number of likely N-dealkylation sites (tertiary alicyclic amines) is 1. The van der Waals surface area contributed by atoms with Crippen LogP contribution in [0.2, 0.25) is 0 Å². The molecule has 1 saturated heterocycles. The highest BCUT2D eigenvalue weighted by molar-refractivity contribution is 6.02. The molecular formula is C21H31N5O4. The Kier molecular flexibility index (Phi) is 5.25. The van der Waals surface area contributed by atoms with Crippen molar-refractivity contribution in [1.29, 1.82) is 0 Å². The Labute approximate surface area is 176 Å². The zero-order chi connectivity index (χ0) is 21.6. The van der Waals surface area contributed by atoms with E-state index in [1.807, 2.05) is 25.7 Å². The van der Waals surface area contributed by atoms with Crippen LogP contribution in [0.1, 0.15) is 40.0 Å². The van der Waals surface area contributed by atoms with Gasteiger partial charge in [-0.15, -0.1) is 0 Å². The summed E-state index contributed by atoms with van der Waals surface area (Å²) in [5.41, 5.74) is 0.327. The summed E-state index contributed by atoms with van der Waals surface area (Å²) >= 11 is 0. The number of carbonyl (C=O) groups excluding carboxylic acids is 1. The minimum absolute atomic E-state index is 0.00813. The van der Waals surface area contributed by atoms with E-state index in [4.69, 9.17) is 0 Å². The van der Waals surface area contributed by atoms with Gasteiger partial charge in [-0.25, -0.2) is 4.79 Å². The highest BCUT2D eigenvalue weighted by Gasteiger charge is 2.39. The van der Waals surface area contributed by atoms with Gasteiger partial charge < -0.3 is 20.2 Å². The zero-order valence-electron chi connectivity index (χ0n) is 17.9. The number of rotatable bonds is 3. The zero-order valence-corrected chi connectivity index (χ0v) is 17.9. The lowest BCUT2D eigenvalue weighted by Gasteiger charge is -2.46. The average Bonchev–Trinajstić information content (AvgIpc) is 2.67. The molecule has 1 aromatic rings. The summed E-state index contributed by atoms with van der Waals surface area (Å²) in [4.78, 5) is 42.5. The smallest absolute Gasteiger partial charge is 0.407 e. The van der Waals surface area contributed by atoms with Gasteiger partial charge in [-0.3, -0.25) is 19.1 Å². The third-order valence-electron chi connectivity index (χ3n) is 6.45. The van der Waals surface area contributed by atoms with Gasteiger partial charge in [-0.1, -0.05) is 0 Å². The molecular weight excluding hydrogens is 386 g/mol. The van der Waals surface area contributed by atoms with Crippen molar-refractivity contribution in [3.63, 3.8) is 0 Å². The lowest BCUT2D eigenvalue weighted by Crippen LogP contribution is -2.58. The minimum atomic E-state index is -0.866. The molecule has 4 rings (SSSR count). The molecule has 1 atom stereocenters. The molecule has 0 radical (unpaired) electrons. The predicted octanol–water partition coefficient (Wildman–Crippen LogP) is 1.62. The Morgan fingerprint density at radius 2 is 1.87 bits per heavy atom. The van der Waals surface area contributed by atoms with Crippen LogP contribution in [0.4, 0.5) is 16.3 Å². The van der Waals surface area contributed by atoms with Gasteiger partial charge >= 0.3 is 6.09 Å². The Morgan fingerprint density at radius 3 is 2.50 bits per heavy atom.